The van der Waals surface area contributed by atoms with E-state index in [1.165, 1.54) is 12.1 Å². The standard InChI is InChI=1S/C12H9F3/c1-8-6-7-11(12(13,14)15)10-5-3-2-4-9(8)10/h2-7H,1H3. The van der Waals surface area contributed by atoms with Crippen LogP contribution in [0.2, 0.25) is 0 Å². The molecular weight excluding hydrogens is 201 g/mol. The molecule has 78 valence electrons. The van der Waals surface area contributed by atoms with E-state index < -0.39 is 11.7 Å². The second-order valence-electron chi connectivity index (χ2n) is 3.47. The van der Waals surface area contributed by atoms with Gasteiger partial charge >= 0.3 is 6.18 Å². The molecule has 0 aromatic heterocycles. The highest BCUT2D eigenvalue weighted by Gasteiger charge is 2.32. The van der Waals surface area contributed by atoms with Gasteiger partial charge in [0.25, 0.3) is 0 Å². The number of hydrogen-bond acceptors (Lipinski definition) is 0. The molecule has 0 saturated heterocycles. The molecule has 2 rings (SSSR count). The predicted octanol–water partition coefficient (Wildman–Crippen LogP) is 4.17. The number of hydrogen-bond donors (Lipinski definition) is 0. The topological polar surface area (TPSA) is 0 Å². The Kier molecular flexibility index (Phi) is 2.18. The monoisotopic (exact) mass is 210 g/mol. The Morgan fingerprint density at radius 3 is 2.07 bits per heavy atom. The lowest BCUT2D eigenvalue weighted by molar-refractivity contribution is -0.136. The van der Waals surface area contributed by atoms with Crippen LogP contribution in [0.15, 0.2) is 36.4 Å². The van der Waals surface area contributed by atoms with Gasteiger partial charge < -0.3 is 0 Å². The minimum Gasteiger partial charge on any atom is -0.166 e. The van der Waals surface area contributed by atoms with Crippen molar-refractivity contribution in [3.05, 3.63) is 47.5 Å². The molecule has 0 unspecified atom stereocenters. The van der Waals surface area contributed by atoms with Gasteiger partial charge in [-0.1, -0.05) is 30.3 Å². The van der Waals surface area contributed by atoms with Gasteiger partial charge in [0.2, 0.25) is 0 Å². The molecule has 0 bridgehead atoms. The molecule has 0 amide bonds. The third-order valence-electron chi connectivity index (χ3n) is 2.45. The molecule has 0 saturated carbocycles. The molecule has 0 atom stereocenters. The predicted molar refractivity (Wildman–Crippen MR) is 53.7 cm³/mol. The summed E-state index contributed by atoms with van der Waals surface area (Å²) in [5.74, 6) is 0. The fourth-order valence-corrected chi connectivity index (χ4v) is 1.70. The van der Waals surface area contributed by atoms with E-state index in [0.717, 1.165) is 11.6 Å². The SMILES string of the molecule is Cc1ccc(C(F)(F)F)c2ccccc12. The van der Waals surface area contributed by atoms with Gasteiger partial charge in [-0.3, -0.25) is 0 Å². The molecule has 0 spiro atoms. The molecule has 15 heavy (non-hydrogen) atoms. The van der Waals surface area contributed by atoms with Gasteiger partial charge in [-0.25, -0.2) is 0 Å². The summed E-state index contributed by atoms with van der Waals surface area (Å²) >= 11 is 0. The Morgan fingerprint density at radius 1 is 0.867 bits per heavy atom. The largest absolute Gasteiger partial charge is 0.417 e. The maximum atomic E-state index is 12.6. The summed E-state index contributed by atoms with van der Waals surface area (Å²) in [4.78, 5) is 0. The van der Waals surface area contributed by atoms with Gasteiger partial charge in [0.1, 0.15) is 0 Å². The minimum absolute atomic E-state index is 0.269. The van der Waals surface area contributed by atoms with Crippen LogP contribution < -0.4 is 0 Å². The molecule has 0 N–H and O–H groups in total. The molecule has 0 fully saturated rings. The van der Waals surface area contributed by atoms with Crippen LogP contribution in [0.4, 0.5) is 13.2 Å². The Balaban J connectivity index is 2.84. The van der Waals surface area contributed by atoms with Gasteiger partial charge in [-0.2, -0.15) is 13.2 Å². The fraction of sp³-hybridized carbons (Fsp3) is 0.167. The molecule has 0 nitrogen and oxygen atoms in total. The normalized spacial score (nSPS) is 12.0. The summed E-state index contributed by atoms with van der Waals surface area (Å²) < 4.78 is 37.9. The smallest absolute Gasteiger partial charge is 0.166 e. The number of fused-ring (bicyclic) bond motifs is 1. The zero-order valence-corrected chi connectivity index (χ0v) is 8.10. The Bertz CT molecular complexity index is 498. The van der Waals surface area contributed by atoms with Crippen molar-refractivity contribution in [3.63, 3.8) is 0 Å². The van der Waals surface area contributed by atoms with Crippen molar-refractivity contribution in [1.82, 2.24) is 0 Å². The number of halogens is 3. The minimum atomic E-state index is -4.28. The van der Waals surface area contributed by atoms with Crippen molar-refractivity contribution < 1.29 is 13.2 Å². The van der Waals surface area contributed by atoms with Crippen LogP contribution >= 0.6 is 0 Å². The van der Waals surface area contributed by atoms with E-state index >= 15 is 0 Å². The molecule has 0 aliphatic carbocycles. The summed E-state index contributed by atoms with van der Waals surface area (Å²) in [6, 6.07) is 9.22. The van der Waals surface area contributed by atoms with Crippen molar-refractivity contribution in [2.75, 3.05) is 0 Å². The lowest BCUT2D eigenvalue weighted by atomic mass is 10.0. The maximum absolute atomic E-state index is 12.6. The van der Waals surface area contributed by atoms with Gasteiger partial charge in [0, 0.05) is 0 Å². The quantitative estimate of drug-likeness (QED) is 0.612. The molecule has 2 aromatic carbocycles. The van der Waals surface area contributed by atoms with Crippen molar-refractivity contribution in [2.45, 2.75) is 13.1 Å². The molecule has 0 aliphatic rings. The number of benzene rings is 2. The third-order valence-corrected chi connectivity index (χ3v) is 2.45. The average molecular weight is 210 g/mol. The first kappa shape index (κ1) is 10.0. The first-order chi connectivity index (χ1) is 7.00. The highest BCUT2D eigenvalue weighted by atomic mass is 19.4. The van der Waals surface area contributed by atoms with Gasteiger partial charge in [0.05, 0.1) is 5.56 Å². The molecule has 0 heterocycles. The van der Waals surface area contributed by atoms with Crippen molar-refractivity contribution in [3.8, 4) is 0 Å². The molecule has 2 aromatic rings. The highest BCUT2D eigenvalue weighted by Crippen LogP contribution is 2.35. The number of rotatable bonds is 0. The van der Waals surface area contributed by atoms with Crippen LogP contribution in [-0.4, -0.2) is 0 Å². The fourth-order valence-electron chi connectivity index (χ4n) is 1.70. The van der Waals surface area contributed by atoms with E-state index in [-0.39, 0.29) is 5.39 Å². The summed E-state index contributed by atoms with van der Waals surface area (Å²) in [6.07, 6.45) is -4.28. The third kappa shape index (κ3) is 1.69. The zero-order chi connectivity index (χ0) is 11.1. The van der Waals surface area contributed by atoms with Crippen LogP contribution in [0.25, 0.3) is 10.8 Å². The maximum Gasteiger partial charge on any atom is 0.417 e. The van der Waals surface area contributed by atoms with Crippen LogP contribution in [0.1, 0.15) is 11.1 Å². The van der Waals surface area contributed by atoms with Gasteiger partial charge in [-0.15, -0.1) is 0 Å². The second kappa shape index (κ2) is 3.26. The first-order valence-corrected chi connectivity index (χ1v) is 4.55. The van der Waals surface area contributed by atoms with Crippen LogP contribution in [-0.2, 0) is 6.18 Å². The first-order valence-electron chi connectivity index (χ1n) is 4.55. The summed E-state index contributed by atoms with van der Waals surface area (Å²) in [5.41, 5.74) is 0.294. The Labute approximate surface area is 85.3 Å². The summed E-state index contributed by atoms with van der Waals surface area (Å²) in [6.45, 7) is 1.81. The second-order valence-corrected chi connectivity index (χ2v) is 3.47. The Morgan fingerprint density at radius 2 is 1.47 bits per heavy atom. The number of aryl methyl sites for hydroxylation is 1. The highest BCUT2D eigenvalue weighted by molar-refractivity contribution is 5.88. The van der Waals surface area contributed by atoms with Gasteiger partial charge in [0.15, 0.2) is 0 Å². The molecule has 0 aliphatic heterocycles. The Hall–Kier alpha value is -1.51. The average Bonchev–Trinajstić information content (AvgIpc) is 2.17. The molecule has 0 radical (unpaired) electrons. The van der Waals surface area contributed by atoms with E-state index in [1.807, 2.05) is 6.92 Å². The van der Waals surface area contributed by atoms with Crippen molar-refractivity contribution in [1.29, 1.82) is 0 Å². The van der Waals surface area contributed by atoms with Crippen LogP contribution in [0, 0.1) is 6.92 Å². The van der Waals surface area contributed by atoms with E-state index in [2.05, 4.69) is 0 Å². The van der Waals surface area contributed by atoms with E-state index in [4.69, 9.17) is 0 Å². The zero-order valence-electron chi connectivity index (χ0n) is 8.10. The lowest BCUT2D eigenvalue weighted by Gasteiger charge is -2.11. The summed E-state index contributed by atoms with van der Waals surface area (Å²) in [5, 5.41) is 0.928. The molecular formula is C12H9F3. The van der Waals surface area contributed by atoms with E-state index in [0.29, 0.717) is 5.39 Å². The molecule has 3 heteroatoms. The lowest BCUT2D eigenvalue weighted by Crippen LogP contribution is -2.05. The van der Waals surface area contributed by atoms with E-state index in [9.17, 15) is 13.2 Å². The number of alkyl halides is 3. The van der Waals surface area contributed by atoms with E-state index in [1.54, 1.807) is 18.2 Å². The van der Waals surface area contributed by atoms with Crippen LogP contribution in [0.3, 0.4) is 0 Å². The van der Waals surface area contributed by atoms with Crippen LogP contribution in [0.5, 0.6) is 0 Å². The van der Waals surface area contributed by atoms with Crippen molar-refractivity contribution >= 4 is 10.8 Å². The van der Waals surface area contributed by atoms with Crippen molar-refractivity contribution in [2.24, 2.45) is 0 Å². The summed E-state index contributed by atoms with van der Waals surface area (Å²) in [7, 11) is 0. The van der Waals surface area contributed by atoms with Gasteiger partial charge in [-0.05, 0) is 29.3 Å².